The monoisotopic (exact) mass is 220 g/mol. The SMILES string of the molecule is CNCc1nnn(C2CCCC2)c1C1CC1. The first-order chi connectivity index (χ1) is 7.90. The second-order valence-electron chi connectivity index (χ2n) is 5.11. The molecule has 1 aromatic rings. The lowest BCUT2D eigenvalue weighted by Crippen LogP contribution is -2.12. The molecule has 3 rings (SSSR count). The van der Waals surface area contributed by atoms with Crippen LogP contribution in [0, 0.1) is 0 Å². The summed E-state index contributed by atoms with van der Waals surface area (Å²) in [4.78, 5) is 0. The van der Waals surface area contributed by atoms with Crippen molar-refractivity contribution >= 4 is 0 Å². The predicted octanol–water partition coefficient (Wildman–Crippen LogP) is 1.99. The molecule has 2 aliphatic rings. The van der Waals surface area contributed by atoms with Gasteiger partial charge in [-0.3, -0.25) is 0 Å². The summed E-state index contributed by atoms with van der Waals surface area (Å²) in [7, 11) is 1.98. The lowest BCUT2D eigenvalue weighted by molar-refractivity contribution is 0.438. The molecule has 0 bridgehead atoms. The minimum atomic E-state index is 0.633. The largest absolute Gasteiger partial charge is 0.314 e. The third-order valence-electron chi connectivity index (χ3n) is 3.78. The first kappa shape index (κ1) is 10.3. The molecule has 0 radical (unpaired) electrons. The standard InChI is InChI=1S/C12H20N4/c1-13-8-11-12(9-6-7-9)16(15-14-11)10-4-2-3-5-10/h9-10,13H,2-8H2,1H3. The van der Waals surface area contributed by atoms with Crippen molar-refractivity contribution in [3.63, 3.8) is 0 Å². The predicted molar refractivity (Wildman–Crippen MR) is 62.3 cm³/mol. The molecule has 0 saturated heterocycles. The molecule has 16 heavy (non-hydrogen) atoms. The van der Waals surface area contributed by atoms with E-state index >= 15 is 0 Å². The van der Waals surface area contributed by atoms with E-state index in [2.05, 4.69) is 20.3 Å². The smallest absolute Gasteiger partial charge is 0.0999 e. The second-order valence-corrected chi connectivity index (χ2v) is 5.11. The molecule has 0 atom stereocenters. The summed E-state index contributed by atoms with van der Waals surface area (Å²) in [5.41, 5.74) is 2.61. The van der Waals surface area contributed by atoms with Gasteiger partial charge in [0.15, 0.2) is 0 Å². The third-order valence-corrected chi connectivity index (χ3v) is 3.78. The molecule has 0 aromatic carbocycles. The Morgan fingerprint density at radius 3 is 2.62 bits per heavy atom. The molecular formula is C12H20N4. The Bertz CT molecular complexity index is 361. The molecule has 4 nitrogen and oxygen atoms in total. The van der Waals surface area contributed by atoms with Crippen LogP contribution in [0.25, 0.3) is 0 Å². The van der Waals surface area contributed by atoms with Gasteiger partial charge in [-0.2, -0.15) is 0 Å². The maximum Gasteiger partial charge on any atom is 0.0999 e. The average Bonchev–Trinajstić information content (AvgIpc) is 2.82. The van der Waals surface area contributed by atoms with Gasteiger partial charge < -0.3 is 5.32 Å². The molecule has 0 aliphatic heterocycles. The summed E-state index contributed by atoms with van der Waals surface area (Å²) in [6.45, 7) is 0.860. The van der Waals surface area contributed by atoms with E-state index in [1.807, 2.05) is 7.05 Å². The number of aromatic nitrogens is 3. The zero-order valence-electron chi connectivity index (χ0n) is 9.95. The van der Waals surface area contributed by atoms with Gasteiger partial charge in [0.05, 0.1) is 17.4 Å². The van der Waals surface area contributed by atoms with Crippen molar-refractivity contribution in [3.05, 3.63) is 11.4 Å². The summed E-state index contributed by atoms with van der Waals surface area (Å²) in [6, 6.07) is 0.633. The zero-order chi connectivity index (χ0) is 11.0. The third kappa shape index (κ3) is 1.75. The second kappa shape index (κ2) is 4.17. The van der Waals surface area contributed by atoms with E-state index in [0.717, 1.165) is 12.5 Å². The van der Waals surface area contributed by atoms with Crippen molar-refractivity contribution in [1.82, 2.24) is 20.3 Å². The highest BCUT2D eigenvalue weighted by atomic mass is 15.4. The van der Waals surface area contributed by atoms with Gasteiger partial charge in [0, 0.05) is 12.5 Å². The van der Waals surface area contributed by atoms with Crippen LogP contribution >= 0.6 is 0 Å². The van der Waals surface area contributed by atoms with E-state index in [0.29, 0.717) is 6.04 Å². The molecule has 2 saturated carbocycles. The van der Waals surface area contributed by atoms with Gasteiger partial charge in [-0.25, -0.2) is 4.68 Å². The lowest BCUT2D eigenvalue weighted by atomic mass is 10.2. The minimum absolute atomic E-state index is 0.633. The van der Waals surface area contributed by atoms with Crippen LogP contribution in [0.4, 0.5) is 0 Å². The fourth-order valence-electron chi connectivity index (χ4n) is 2.83. The highest BCUT2D eigenvalue weighted by molar-refractivity contribution is 5.21. The Hall–Kier alpha value is -0.900. The maximum atomic E-state index is 4.40. The highest BCUT2D eigenvalue weighted by Crippen LogP contribution is 2.43. The maximum absolute atomic E-state index is 4.40. The van der Waals surface area contributed by atoms with Crippen LogP contribution in [0.2, 0.25) is 0 Å². The summed E-state index contributed by atoms with van der Waals surface area (Å²) in [6.07, 6.45) is 7.96. The number of nitrogens with one attached hydrogen (secondary N) is 1. The molecule has 0 unspecified atom stereocenters. The highest BCUT2D eigenvalue weighted by Gasteiger charge is 2.33. The first-order valence-electron chi connectivity index (χ1n) is 6.48. The van der Waals surface area contributed by atoms with E-state index in [-0.39, 0.29) is 0 Å². The van der Waals surface area contributed by atoms with Gasteiger partial charge in [0.2, 0.25) is 0 Å². The van der Waals surface area contributed by atoms with Gasteiger partial charge in [-0.15, -0.1) is 5.10 Å². The molecular weight excluding hydrogens is 200 g/mol. The van der Waals surface area contributed by atoms with Gasteiger partial charge in [-0.1, -0.05) is 18.1 Å². The summed E-state index contributed by atoms with van der Waals surface area (Å²) in [5.74, 6) is 0.749. The Balaban J connectivity index is 1.90. The number of hydrogen-bond acceptors (Lipinski definition) is 3. The molecule has 1 heterocycles. The number of hydrogen-bond donors (Lipinski definition) is 1. The van der Waals surface area contributed by atoms with Crippen molar-refractivity contribution in [1.29, 1.82) is 0 Å². The van der Waals surface area contributed by atoms with Crippen LogP contribution in [0.3, 0.4) is 0 Å². The van der Waals surface area contributed by atoms with E-state index in [9.17, 15) is 0 Å². The summed E-state index contributed by atoms with van der Waals surface area (Å²) >= 11 is 0. The van der Waals surface area contributed by atoms with Crippen LogP contribution in [-0.4, -0.2) is 22.0 Å². The Morgan fingerprint density at radius 2 is 2.00 bits per heavy atom. The molecule has 4 heteroatoms. The summed E-state index contributed by atoms with van der Waals surface area (Å²) in [5, 5.41) is 12.0. The molecule has 0 amide bonds. The minimum Gasteiger partial charge on any atom is -0.314 e. The van der Waals surface area contributed by atoms with Crippen LogP contribution < -0.4 is 5.32 Å². The van der Waals surface area contributed by atoms with Gasteiger partial charge in [-0.05, 0) is 32.7 Å². The van der Waals surface area contributed by atoms with Crippen molar-refractivity contribution in [2.75, 3.05) is 7.05 Å². The van der Waals surface area contributed by atoms with Crippen LogP contribution in [0.15, 0.2) is 0 Å². The van der Waals surface area contributed by atoms with E-state index < -0.39 is 0 Å². The van der Waals surface area contributed by atoms with Crippen LogP contribution in [0.1, 0.15) is 61.9 Å². The Labute approximate surface area is 96.4 Å². The Kier molecular flexibility index (Phi) is 2.67. The molecule has 1 N–H and O–H groups in total. The fourth-order valence-corrected chi connectivity index (χ4v) is 2.83. The van der Waals surface area contributed by atoms with Crippen molar-refractivity contribution in [2.45, 2.75) is 57.0 Å². The Morgan fingerprint density at radius 1 is 1.25 bits per heavy atom. The number of rotatable bonds is 4. The van der Waals surface area contributed by atoms with E-state index in [1.54, 1.807) is 0 Å². The number of nitrogens with zero attached hydrogens (tertiary/aromatic N) is 3. The lowest BCUT2D eigenvalue weighted by Gasteiger charge is -2.13. The van der Waals surface area contributed by atoms with Crippen LogP contribution in [-0.2, 0) is 6.54 Å². The van der Waals surface area contributed by atoms with Crippen LogP contribution in [0.5, 0.6) is 0 Å². The van der Waals surface area contributed by atoms with Crippen molar-refractivity contribution < 1.29 is 0 Å². The summed E-state index contributed by atoms with van der Waals surface area (Å²) < 4.78 is 2.25. The molecule has 0 spiro atoms. The normalized spacial score (nSPS) is 21.8. The molecule has 2 aliphatic carbocycles. The van der Waals surface area contributed by atoms with Gasteiger partial charge in [0.1, 0.15) is 0 Å². The van der Waals surface area contributed by atoms with E-state index in [4.69, 9.17) is 0 Å². The molecule has 2 fully saturated rings. The molecule has 1 aromatic heterocycles. The van der Waals surface area contributed by atoms with Crippen molar-refractivity contribution in [2.24, 2.45) is 0 Å². The first-order valence-corrected chi connectivity index (χ1v) is 6.48. The topological polar surface area (TPSA) is 42.7 Å². The zero-order valence-corrected chi connectivity index (χ0v) is 9.95. The fraction of sp³-hybridized carbons (Fsp3) is 0.833. The van der Waals surface area contributed by atoms with Crippen molar-refractivity contribution in [3.8, 4) is 0 Å². The van der Waals surface area contributed by atoms with Gasteiger partial charge in [0.25, 0.3) is 0 Å². The van der Waals surface area contributed by atoms with E-state index in [1.165, 1.54) is 49.9 Å². The van der Waals surface area contributed by atoms with Gasteiger partial charge >= 0.3 is 0 Å². The average molecular weight is 220 g/mol. The quantitative estimate of drug-likeness (QED) is 0.843. The molecule has 88 valence electrons.